The van der Waals surface area contributed by atoms with Crippen LogP contribution in [0.25, 0.3) is 10.2 Å². The zero-order valence-corrected chi connectivity index (χ0v) is 19.2. The molecule has 0 fully saturated rings. The van der Waals surface area contributed by atoms with Gasteiger partial charge in [-0.1, -0.05) is 23.5 Å². The Kier molecular flexibility index (Phi) is 5.54. The summed E-state index contributed by atoms with van der Waals surface area (Å²) in [4.78, 5) is 32.6. The number of carbonyl (C=O) groups excluding carboxylic acids is 2. The summed E-state index contributed by atoms with van der Waals surface area (Å²) in [5.74, 6) is -0.661. The number of benzene rings is 2. The van der Waals surface area contributed by atoms with Gasteiger partial charge in [-0.2, -0.15) is 0 Å². The Morgan fingerprint density at radius 2 is 2.03 bits per heavy atom. The number of fused-ring (bicyclic) bond motifs is 1. The van der Waals surface area contributed by atoms with Gasteiger partial charge in [0.05, 0.1) is 41.8 Å². The topological polar surface area (TPSA) is 102 Å². The molecule has 1 amide bonds. The Bertz CT molecular complexity index is 1420. The largest absolute Gasteiger partial charge is 0.503 e. The Balaban J connectivity index is 1.67. The van der Waals surface area contributed by atoms with Gasteiger partial charge in [-0.05, 0) is 55.0 Å². The van der Waals surface area contributed by atoms with Crippen molar-refractivity contribution in [1.29, 1.82) is 0 Å². The molecule has 172 valence electrons. The summed E-state index contributed by atoms with van der Waals surface area (Å²) in [5.41, 5.74) is 1.18. The SMILES string of the molecule is CCOc1cccc(C2C(C(=O)c3ccco3)=C(O)C(=O)N2c2nc3ccc(OC)cc3s2)c1. The van der Waals surface area contributed by atoms with Crippen molar-refractivity contribution in [3.63, 3.8) is 0 Å². The van der Waals surface area contributed by atoms with Gasteiger partial charge in [-0.25, -0.2) is 4.98 Å². The number of ketones is 1. The molecule has 2 aromatic heterocycles. The van der Waals surface area contributed by atoms with Crippen LogP contribution in [0.5, 0.6) is 11.5 Å². The second-order valence-electron chi connectivity index (χ2n) is 7.48. The molecule has 5 rings (SSSR count). The van der Waals surface area contributed by atoms with Crippen molar-refractivity contribution in [3.05, 3.63) is 83.5 Å². The smallest absolute Gasteiger partial charge is 0.296 e. The monoisotopic (exact) mass is 476 g/mol. The predicted molar refractivity (Wildman–Crippen MR) is 127 cm³/mol. The van der Waals surface area contributed by atoms with E-state index in [1.165, 1.54) is 28.6 Å². The average Bonchev–Trinajstić information content (AvgIpc) is 3.57. The second kappa shape index (κ2) is 8.68. The van der Waals surface area contributed by atoms with Crippen LogP contribution in [0.4, 0.5) is 5.13 Å². The maximum absolute atomic E-state index is 13.3. The van der Waals surface area contributed by atoms with Crippen molar-refractivity contribution in [2.45, 2.75) is 13.0 Å². The summed E-state index contributed by atoms with van der Waals surface area (Å²) in [6, 6.07) is 14.6. The molecule has 8 nitrogen and oxygen atoms in total. The Hall–Kier alpha value is -4.11. The van der Waals surface area contributed by atoms with Crippen LogP contribution in [0.1, 0.15) is 29.1 Å². The summed E-state index contributed by atoms with van der Waals surface area (Å²) in [5, 5.41) is 11.2. The van der Waals surface area contributed by atoms with Gasteiger partial charge in [-0.15, -0.1) is 0 Å². The van der Waals surface area contributed by atoms with Gasteiger partial charge in [-0.3, -0.25) is 14.5 Å². The van der Waals surface area contributed by atoms with Crippen molar-refractivity contribution in [3.8, 4) is 11.5 Å². The van der Waals surface area contributed by atoms with Gasteiger partial charge in [0.1, 0.15) is 11.5 Å². The summed E-state index contributed by atoms with van der Waals surface area (Å²) in [6.45, 7) is 2.32. The van der Waals surface area contributed by atoms with Crippen LogP contribution in [0.3, 0.4) is 0 Å². The number of methoxy groups -OCH3 is 1. The molecule has 0 aliphatic carbocycles. The Morgan fingerprint density at radius 3 is 2.76 bits per heavy atom. The second-order valence-corrected chi connectivity index (χ2v) is 8.49. The number of carbonyl (C=O) groups is 2. The summed E-state index contributed by atoms with van der Waals surface area (Å²) in [6.07, 6.45) is 1.37. The first-order valence-corrected chi connectivity index (χ1v) is 11.4. The van der Waals surface area contributed by atoms with Crippen LogP contribution < -0.4 is 14.4 Å². The molecule has 1 N–H and O–H groups in total. The van der Waals surface area contributed by atoms with E-state index in [9.17, 15) is 14.7 Å². The standard InChI is InChI=1S/C25H20N2O6S/c1-3-32-16-7-4-6-14(12-16)21-20(22(28)18-8-5-11-33-18)23(29)24(30)27(21)25-26-17-10-9-15(31-2)13-19(17)34-25/h4-13,21,29H,3H2,1-2H3. The molecule has 0 saturated carbocycles. The van der Waals surface area contributed by atoms with E-state index in [4.69, 9.17) is 13.9 Å². The first-order valence-electron chi connectivity index (χ1n) is 10.5. The van der Waals surface area contributed by atoms with Crippen molar-refractivity contribution >= 4 is 38.4 Å². The number of aliphatic hydroxyl groups is 1. The van der Waals surface area contributed by atoms with Crippen LogP contribution in [0.15, 0.2) is 76.6 Å². The molecule has 0 saturated heterocycles. The fourth-order valence-electron chi connectivity index (χ4n) is 3.95. The van der Waals surface area contributed by atoms with E-state index < -0.39 is 23.5 Å². The highest BCUT2D eigenvalue weighted by atomic mass is 32.1. The molecule has 4 aromatic rings. The van der Waals surface area contributed by atoms with Gasteiger partial charge in [0.15, 0.2) is 16.7 Å². The third-order valence-corrected chi connectivity index (χ3v) is 6.49. The molecular weight excluding hydrogens is 456 g/mol. The molecule has 3 heterocycles. The average molecular weight is 477 g/mol. The van der Waals surface area contributed by atoms with Gasteiger partial charge in [0.2, 0.25) is 5.78 Å². The zero-order valence-electron chi connectivity index (χ0n) is 18.3. The van der Waals surface area contributed by atoms with Gasteiger partial charge in [0.25, 0.3) is 5.91 Å². The minimum Gasteiger partial charge on any atom is -0.503 e. The number of nitrogens with zero attached hydrogens (tertiary/aromatic N) is 2. The summed E-state index contributed by atoms with van der Waals surface area (Å²) in [7, 11) is 1.57. The highest BCUT2D eigenvalue weighted by Gasteiger charge is 2.46. The number of thiazole rings is 1. The lowest BCUT2D eigenvalue weighted by atomic mass is 9.95. The molecule has 9 heteroatoms. The molecule has 0 radical (unpaired) electrons. The number of furan rings is 1. The number of amides is 1. The van der Waals surface area contributed by atoms with E-state index in [0.29, 0.717) is 34.3 Å². The zero-order chi connectivity index (χ0) is 23.8. The molecule has 0 bridgehead atoms. The van der Waals surface area contributed by atoms with Gasteiger partial charge in [0, 0.05) is 0 Å². The molecule has 1 aliphatic rings. The van der Waals surface area contributed by atoms with Crippen molar-refractivity contribution in [2.24, 2.45) is 0 Å². The van der Waals surface area contributed by atoms with Gasteiger partial charge < -0.3 is 19.0 Å². The number of anilines is 1. The predicted octanol–water partition coefficient (Wildman–Crippen LogP) is 5.08. The number of aromatic nitrogens is 1. The molecule has 1 atom stereocenters. The van der Waals surface area contributed by atoms with Gasteiger partial charge >= 0.3 is 0 Å². The van der Waals surface area contributed by atoms with E-state index in [1.807, 2.05) is 13.0 Å². The number of hydrogen-bond acceptors (Lipinski definition) is 8. The van der Waals surface area contributed by atoms with E-state index in [2.05, 4.69) is 4.98 Å². The lowest BCUT2D eigenvalue weighted by molar-refractivity contribution is -0.117. The first kappa shape index (κ1) is 21.7. The lowest BCUT2D eigenvalue weighted by Crippen LogP contribution is -2.31. The fraction of sp³-hybridized carbons (Fsp3) is 0.160. The number of hydrogen-bond donors (Lipinski definition) is 1. The lowest BCUT2D eigenvalue weighted by Gasteiger charge is -2.24. The molecule has 1 aliphatic heterocycles. The normalized spacial score (nSPS) is 15.9. The Labute approximate surface area is 198 Å². The third-order valence-electron chi connectivity index (χ3n) is 5.47. The van der Waals surface area contributed by atoms with E-state index in [-0.39, 0.29) is 11.3 Å². The van der Waals surface area contributed by atoms with Crippen LogP contribution in [0.2, 0.25) is 0 Å². The molecule has 1 unspecified atom stereocenters. The maximum atomic E-state index is 13.3. The molecule has 2 aromatic carbocycles. The fourth-order valence-corrected chi connectivity index (χ4v) is 4.97. The van der Waals surface area contributed by atoms with Crippen LogP contribution in [0, 0.1) is 0 Å². The number of ether oxygens (including phenoxy) is 2. The minimum absolute atomic E-state index is 0.0243. The van der Waals surface area contributed by atoms with Crippen molar-refractivity contribution in [2.75, 3.05) is 18.6 Å². The van der Waals surface area contributed by atoms with E-state index >= 15 is 0 Å². The van der Waals surface area contributed by atoms with E-state index in [0.717, 1.165) is 4.70 Å². The molecule has 0 spiro atoms. The molecule has 34 heavy (non-hydrogen) atoms. The molecular formula is C25H20N2O6S. The van der Waals surface area contributed by atoms with E-state index in [1.54, 1.807) is 49.6 Å². The number of rotatable bonds is 7. The summed E-state index contributed by atoms with van der Waals surface area (Å²) >= 11 is 1.26. The minimum atomic E-state index is -0.923. The Morgan fingerprint density at radius 1 is 1.18 bits per heavy atom. The van der Waals surface area contributed by atoms with Crippen molar-refractivity contribution < 1.29 is 28.6 Å². The van der Waals surface area contributed by atoms with Crippen molar-refractivity contribution in [1.82, 2.24) is 4.98 Å². The third kappa shape index (κ3) is 3.60. The van der Waals surface area contributed by atoms with Crippen LogP contribution in [-0.4, -0.2) is 35.5 Å². The summed E-state index contributed by atoms with van der Waals surface area (Å²) < 4.78 is 17.0. The quantitative estimate of drug-likeness (QED) is 0.371. The number of Topliss-reactive ketones (excluding diaryl/α,β-unsaturated/α-hetero) is 1. The highest BCUT2D eigenvalue weighted by Crippen LogP contribution is 2.45. The maximum Gasteiger partial charge on any atom is 0.296 e. The highest BCUT2D eigenvalue weighted by molar-refractivity contribution is 7.22. The van der Waals surface area contributed by atoms with Crippen LogP contribution >= 0.6 is 11.3 Å². The van der Waals surface area contributed by atoms with Crippen LogP contribution in [-0.2, 0) is 4.79 Å². The first-order chi connectivity index (χ1) is 16.5. The number of aliphatic hydroxyl groups excluding tert-OH is 1.